The Hall–Kier alpha value is -13.6. The minimum atomic E-state index is 0.882. The van der Waals surface area contributed by atoms with E-state index in [9.17, 15) is 0 Å². The van der Waals surface area contributed by atoms with Crippen molar-refractivity contribution in [3.05, 3.63) is 407 Å². The molecular formula is C91H67N9. The molecule has 0 aliphatic rings. The van der Waals surface area contributed by atoms with E-state index in [-0.39, 0.29) is 0 Å². The lowest BCUT2D eigenvalue weighted by Crippen LogP contribution is -1.92. The highest BCUT2D eigenvalue weighted by molar-refractivity contribution is 5.87. The van der Waals surface area contributed by atoms with E-state index in [2.05, 4.69) is 182 Å². The van der Waals surface area contributed by atoms with Crippen LogP contribution < -0.4 is 0 Å². The van der Waals surface area contributed by atoms with Crippen LogP contribution in [-0.4, -0.2) is 44.9 Å². The molecule has 0 spiro atoms. The van der Waals surface area contributed by atoms with Crippen LogP contribution in [0.1, 0.15) is 0 Å². The molecule has 0 aliphatic heterocycles. The van der Waals surface area contributed by atoms with Crippen molar-refractivity contribution in [3.8, 4) is 124 Å². The predicted octanol–water partition coefficient (Wildman–Crippen LogP) is 22.5. The lowest BCUT2D eigenvalue weighted by atomic mass is 10.0. The maximum atomic E-state index is 4.84. The molecule has 0 saturated carbocycles. The molecule has 9 nitrogen and oxygen atoms in total. The second-order valence-corrected chi connectivity index (χ2v) is 22.9. The van der Waals surface area contributed by atoms with Crippen molar-refractivity contribution in [3.63, 3.8) is 0 Å². The molecule has 0 radical (unpaired) electrons. The molecule has 0 unspecified atom stereocenters. The molecule has 0 aliphatic carbocycles. The second-order valence-electron chi connectivity index (χ2n) is 22.9. The summed E-state index contributed by atoms with van der Waals surface area (Å²) in [6, 6.07) is 126. The smallest absolute Gasteiger partial charge is 0.0899 e. The fourth-order valence-electron chi connectivity index (χ4n) is 11.1. The highest BCUT2D eigenvalue weighted by Crippen LogP contribution is 2.31. The topological polar surface area (TPSA) is 116 Å². The summed E-state index contributed by atoms with van der Waals surface area (Å²) in [4.78, 5) is 40.8. The van der Waals surface area contributed by atoms with Crippen LogP contribution in [0.4, 0.5) is 0 Å². The number of hydrogen-bond acceptors (Lipinski definition) is 9. The van der Waals surface area contributed by atoms with Crippen molar-refractivity contribution in [2.24, 2.45) is 0 Å². The maximum absolute atomic E-state index is 4.84. The van der Waals surface area contributed by atoms with Gasteiger partial charge in [0.15, 0.2) is 0 Å². The van der Waals surface area contributed by atoms with Gasteiger partial charge in [-0.3, -0.25) is 24.9 Å². The van der Waals surface area contributed by atoms with Gasteiger partial charge in [-0.05, 0) is 143 Å². The molecule has 0 amide bonds. The van der Waals surface area contributed by atoms with Crippen LogP contribution in [-0.2, 0) is 0 Å². The first-order chi connectivity index (χ1) is 49.6. The van der Waals surface area contributed by atoms with Crippen molar-refractivity contribution in [1.82, 2.24) is 44.9 Å². The molecule has 17 aromatic rings. The number of aromatic nitrogens is 9. The van der Waals surface area contributed by atoms with E-state index < -0.39 is 0 Å². The van der Waals surface area contributed by atoms with E-state index in [0.717, 1.165) is 119 Å². The SMILES string of the molecule is c1ccc(-c2cc(-c3ccccc3)nc(-c3ccccn3)c2)cc1.c1ccc(-c2cccc(-c3ccc4ccccc4c3)n2)nc1.c1ccc(-c2cccc(-c3ccccc3)n2)cc1.c1ccc(-c2cccc(-c3ccccn3)c2)nc1.c1ccc(-c2cccc(-c3ccccn3)n2)cc1. The van der Waals surface area contributed by atoms with Gasteiger partial charge in [-0.2, -0.15) is 0 Å². The van der Waals surface area contributed by atoms with Crippen LogP contribution >= 0.6 is 0 Å². The number of benzene rings is 8. The van der Waals surface area contributed by atoms with E-state index >= 15 is 0 Å². The van der Waals surface area contributed by atoms with E-state index in [1.165, 1.54) is 16.3 Å². The van der Waals surface area contributed by atoms with E-state index in [4.69, 9.17) is 15.0 Å². The fourth-order valence-corrected chi connectivity index (χ4v) is 11.1. The molecular weight excluding hydrogens is 1220 g/mol. The van der Waals surface area contributed by atoms with Crippen molar-refractivity contribution in [2.45, 2.75) is 0 Å². The van der Waals surface area contributed by atoms with Gasteiger partial charge < -0.3 is 0 Å². The minimum Gasteiger partial charge on any atom is -0.256 e. The summed E-state index contributed by atoms with van der Waals surface area (Å²) in [5, 5.41) is 2.47. The van der Waals surface area contributed by atoms with Gasteiger partial charge in [0.2, 0.25) is 0 Å². The monoisotopic (exact) mass is 1290 g/mol. The average molecular weight is 1290 g/mol. The van der Waals surface area contributed by atoms with Crippen LogP contribution in [0, 0.1) is 0 Å². The molecule has 9 heterocycles. The van der Waals surface area contributed by atoms with Crippen LogP contribution in [0.5, 0.6) is 0 Å². The Labute approximate surface area is 583 Å². The summed E-state index contributed by atoms with van der Waals surface area (Å²) < 4.78 is 0. The molecule has 0 atom stereocenters. The summed E-state index contributed by atoms with van der Waals surface area (Å²) in [5.41, 5.74) is 22.4. The molecule has 0 fully saturated rings. The highest BCUT2D eigenvalue weighted by Gasteiger charge is 2.11. The molecule has 0 bridgehead atoms. The first kappa shape index (κ1) is 65.1. The average Bonchev–Trinajstić information content (AvgIpc) is 0.867. The molecule has 9 heteroatoms. The fraction of sp³-hybridized carbons (Fsp3) is 0. The van der Waals surface area contributed by atoms with E-state index in [1.54, 1.807) is 18.6 Å². The van der Waals surface area contributed by atoms with Crippen molar-refractivity contribution in [2.75, 3.05) is 0 Å². The van der Waals surface area contributed by atoms with Crippen molar-refractivity contribution in [1.29, 1.82) is 0 Å². The van der Waals surface area contributed by atoms with Gasteiger partial charge in [-0.15, -0.1) is 0 Å². The summed E-state index contributed by atoms with van der Waals surface area (Å²) in [6.07, 6.45) is 8.99. The highest BCUT2D eigenvalue weighted by atomic mass is 14.8. The lowest BCUT2D eigenvalue weighted by Gasteiger charge is -2.09. The Morgan fingerprint density at radius 1 is 0.120 bits per heavy atom. The number of hydrogen-bond donors (Lipinski definition) is 0. The number of pyridine rings is 9. The maximum Gasteiger partial charge on any atom is 0.0899 e. The predicted molar refractivity (Wildman–Crippen MR) is 410 cm³/mol. The lowest BCUT2D eigenvalue weighted by molar-refractivity contribution is 1.25. The zero-order valence-electron chi connectivity index (χ0n) is 54.7. The Morgan fingerprint density at radius 2 is 0.390 bits per heavy atom. The van der Waals surface area contributed by atoms with Gasteiger partial charge in [-0.1, -0.05) is 255 Å². The number of nitrogens with zero attached hydrogens (tertiary/aromatic N) is 9. The van der Waals surface area contributed by atoms with Gasteiger partial charge in [0.1, 0.15) is 0 Å². The zero-order valence-corrected chi connectivity index (χ0v) is 54.7. The molecule has 0 saturated heterocycles. The second kappa shape index (κ2) is 33.7. The molecule has 17 rings (SSSR count). The van der Waals surface area contributed by atoms with E-state index in [0.29, 0.717) is 0 Å². The Balaban J connectivity index is 0.000000113. The van der Waals surface area contributed by atoms with Crippen LogP contribution in [0.15, 0.2) is 407 Å². The number of fused-ring (bicyclic) bond motifs is 1. The third-order valence-electron chi connectivity index (χ3n) is 16.1. The normalized spacial score (nSPS) is 10.4. The third-order valence-corrected chi connectivity index (χ3v) is 16.1. The number of rotatable bonds is 11. The largest absolute Gasteiger partial charge is 0.256 e. The van der Waals surface area contributed by atoms with Crippen molar-refractivity contribution < 1.29 is 0 Å². The Bertz CT molecular complexity index is 4730. The van der Waals surface area contributed by atoms with Crippen LogP contribution in [0.2, 0.25) is 0 Å². The van der Waals surface area contributed by atoms with Gasteiger partial charge >= 0.3 is 0 Å². The van der Waals surface area contributed by atoms with Gasteiger partial charge in [0.25, 0.3) is 0 Å². The Kier molecular flexibility index (Phi) is 21.9. The molecule has 8 aromatic carbocycles. The minimum absolute atomic E-state index is 0.882. The molecule has 100 heavy (non-hydrogen) atoms. The van der Waals surface area contributed by atoms with Gasteiger partial charge in [0.05, 0.1) is 74.0 Å². The van der Waals surface area contributed by atoms with Crippen molar-refractivity contribution >= 4 is 10.8 Å². The van der Waals surface area contributed by atoms with Gasteiger partial charge in [0, 0.05) is 69.9 Å². The molecule has 0 N–H and O–H groups in total. The quantitative estimate of drug-likeness (QED) is 0.125. The van der Waals surface area contributed by atoms with E-state index in [1.807, 2.05) is 237 Å². The third kappa shape index (κ3) is 17.6. The first-order valence-electron chi connectivity index (χ1n) is 33.0. The summed E-state index contributed by atoms with van der Waals surface area (Å²) in [6.45, 7) is 0. The standard InChI is InChI=1S/C22H16N2.C20H14N2.C17H13N.2C16H12N2/c1-3-9-17(10-4-1)19-15-21(18-11-5-2-6-12-18)24-22(16-19)20-13-7-8-14-23-20;1-2-7-16-14-17(12-11-15(16)6-1)18-9-5-10-20(22-18)19-8-3-4-13-21-19;1-3-8-14(9-4-1)16-12-7-13-17(18-16)15-10-5-2-6-11-15;1-3-10-17-15(8-1)13-6-5-7-14(12-13)16-9-2-4-11-18-16;1-2-7-13(8-3-1)14-10-6-11-16(18-14)15-9-4-5-12-17-15/h1-16H;1-14H;1-13H;2*1-12H. The first-order valence-corrected chi connectivity index (χ1v) is 33.0. The summed E-state index contributed by atoms with van der Waals surface area (Å²) in [7, 11) is 0. The van der Waals surface area contributed by atoms with Crippen LogP contribution in [0.3, 0.4) is 0 Å². The molecule has 476 valence electrons. The summed E-state index contributed by atoms with van der Waals surface area (Å²) >= 11 is 0. The zero-order chi connectivity index (χ0) is 67.6. The molecule has 9 aromatic heterocycles. The van der Waals surface area contributed by atoms with Gasteiger partial charge in [-0.25, -0.2) is 19.9 Å². The Morgan fingerprint density at radius 3 is 0.800 bits per heavy atom. The van der Waals surface area contributed by atoms with Crippen LogP contribution in [0.25, 0.3) is 135 Å². The summed E-state index contributed by atoms with van der Waals surface area (Å²) in [5.74, 6) is 0.